The second kappa shape index (κ2) is 6.06. The number of nitrogens with two attached hydrogens (primary N) is 1. The quantitative estimate of drug-likeness (QED) is 0.921. The Balaban J connectivity index is 2.42. The van der Waals surface area contributed by atoms with Crippen LogP contribution in [0.2, 0.25) is 0 Å². The second-order valence-corrected chi connectivity index (χ2v) is 5.15. The molecule has 0 saturated carbocycles. The van der Waals surface area contributed by atoms with Gasteiger partial charge in [-0.1, -0.05) is 24.3 Å². The SMILES string of the molecule is Cc1cccc(C)c1C(CN)N(C)c1cccc(F)c1. The minimum atomic E-state index is -0.230. The van der Waals surface area contributed by atoms with E-state index in [4.69, 9.17) is 5.73 Å². The van der Waals surface area contributed by atoms with Crippen LogP contribution in [0.15, 0.2) is 42.5 Å². The summed E-state index contributed by atoms with van der Waals surface area (Å²) < 4.78 is 13.4. The van der Waals surface area contributed by atoms with Gasteiger partial charge >= 0.3 is 0 Å². The maximum Gasteiger partial charge on any atom is 0.125 e. The Hall–Kier alpha value is -1.87. The van der Waals surface area contributed by atoms with Gasteiger partial charge in [0, 0.05) is 19.3 Å². The van der Waals surface area contributed by atoms with E-state index in [1.807, 2.05) is 24.1 Å². The number of likely N-dealkylation sites (N-methyl/N-ethyl adjacent to an activating group) is 1. The molecule has 0 aliphatic rings. The highest BCUT2D eigenvalue weighted by atomic mass is 19.1. The Labute approximate surface area is 120 Å². The van der Waals surface area contributed by atoms with Gasteiger partial charge in [-0.3, -0.25) is 0 Å². The van der Waals surface area contributed by atoms with E-state index in [2.05, 4.69) is 26.0 Å². The van der Waals surface area contributed by atoms with Gasteiger partial charge in [0.2, 0.25) is 0 Å². The zero-order valence-corrected chi connectivity index (χ0v) is 12.2. The lowest BCUT2D eigenvalue weighted by Crippen LogP contribution is -2.31. The third kappa shape index (κ3) is 2.83. The molecule has 1 unspecified atom stereocenters. The molecule has 0 spiro atoms. The Morgan fingerprint density at radius 2 is 1.70 bits per heavy atom. The Morgan fingerprint density at radius 3 is 2.25 bits per heavy atom. The normalized spacial score (nSPS) is 12.2. The van der Waals surface area contributed by atoms with Crippen molar-refractivity contribution < 1.29 is 4.39 Å². The predicted molar refractivity (Wildman–Crippen MR) is 82.5 cm³/mol. The van der Waals surface area contributed by atoms with Gasteiger partial charge in [-0.05, 0) is 48.7 Å². The van der Waals surface area contributed by atoms with Gasteiger partial charge < -0.3 is 10.6 Å². The molecule has 2 rings (SSSR count). The van der Waals surface area contributed by atoms with Crippen LogP contribution in [0.25, 0.3) is 0 Å². The van der Waals surface area contributed by atoms with Crippen LogP contribution >= 0.6 is 0 Å². The van der Waals surface area contributed by atoms with E-state index >= 15 is 0 Å². The molecular formula is C17H21FN2. The Morgan fingerprint density at radius 1 is 1.10 bits per heavy atom. The number of anilines is 1. The first-order chi connectivity index (χ1) is 9.54. The van der Waals surface area contributed by atoms with Crippen molar-refractivity contribution in [2.45, 2.75) is 19.9 Å². The van der Waals surface area contributed by atoms with Crippen LogP contribution < -0.4 is 10.6 Å². The molecule has 106 valence electrons. The molecule has 0 amide bonds. The van der Waals surface area contributed by atoms with Crippen LogP contribution in [0.1, 0.15) is 22.7 Å². The van der Waals surface area contributed by atoms with E-state index in [1.165, 1.54) is 28.8 Å². The van der Waals surface area contributed by atoms with Crippen molar-refractivity contribution in [1.29, 1.82) is 0 Å². The minimum Gasteiger partial charge on any atom is -0.366 e. The maximum atomic E-state index is 13.4. The van der Waals surface area contributed by atoms with E-state index < -0.39 is 0 Å². The summed E-state index contributed by atoms with van der Waals surface area (Å²) in [6.07, 6.45) is 0. The van der Waals surface area contributed by atoms with E-state index in [0.717, 1.165) is 5.69 Å². The van der Waals surface area contributed by atoms with Crippen molar-refractivity contribution in [2.75, 3.05) is 18.5 Å². The molecular weight excluding hydrogens is 251 g/mol. The van der Waals surface area contributed by atoms with Crippen LogP contribution in [-0.2, 0) is 0 Å². The highest BCUT2D eigenvalue weighted by Crippen LogP contribution is 2.29. The molecule has 0 radical (unpaired) electrons. The number of nitrogens with zero attached hydrogens (tertiary/aromatic N) is 1. The number of hydrogen-bond acceptors (Lipinski definition) is 2. The van der Waals surface area contributed by atoms with Crippen molar-refractivity contribution in [3.63, 3.8) is 0 Å². The van der Waals surface area contributed by atoms with E-state index in [-0.39, 0.29) is 11.9 Å². The number of halogens is 1. The molecule has 0 saturated heterocycles. The van der Waals surface area contributed by atoms with E-state index in [9.17, 15) is 4.39 Å². The monoisotopic (exact) mass is 272 g/mol. The third-order valence-corrected chi connectivity index (χ3v) is 3.78. The number of benzene rings is 2. The Bertz CT molecular complexity index is 575. The summed E-state index contributed by atoms with van der Waals surface area (Å²) in [7, 11) is 1.96. The summed E-state index contributed by atoms with van der Waals surface area (Å²) in [4.78, 5) is 2.04. The van der Waals surface area contributed by atoms with E-state index in [1.54, 1.807) is 6.07 Å². The van der Waals surface area contributed by atoms with Gasteiger partial charge in [0.1, 0.15) is 5.82 Å². The average Bonchev–Trinajstić information content (AvgIpc) is 2.42. The van der Waals surface area contributed by atoms with Gasteiger partial charge in [0.25, 0.3) is 0 Å². The fourth-order valence-electron chi connectivity index (χ4n) is 2.70. The van der Waals surface area contributed by atoms with Crippen LogP contribution in [-0.4, -0.2) is 13.6 Å². The highest BCUT2D eigenvalue weighted by molar-refractivity contribution is 5.50. The molecule has 0 aliphatic carbocycles. The number of aryl methyl sites for hydroxylation is 2. The first kappa shape index (κ1) is 14.5. The van der Waals surface area contributed by atoms with Gasteiger partial charge in [-0.15, -0.1) is 0 Å². The van der Waals surface area contributed by atoms with E-state index in [0.29, 0.717) is 6.54 Å². The summed E-state index contributed by atoms with van der Waals surface area (Å²) in [5, 5.41) is 0. The van der Waals surface area contributed by atoms with Crippen LogP contribution in [0.5, 0.6) is 0 Å². The fourth-order valence-corrected chi connectivity index (χ4v) is 2.70. The zero-order valence-electron chi connectivity index (χ0n) is 12.2. The molecule has 2 aromatic carbocycles. The molecule has 0 aliphatic heterocycles. The predicted octanol–water partition coefficient (Wildman–Crippen LogP) is 3.58. The number of hydrogen-bond donors (Lipinski definition) is 1. The van der Waals surface area contributed by atoms with Gasteiger partial charge in [0.15, 0.2) is 0 Å². The molecule has 2 N–H and O–H groups in total. The summed E-state index contributed by atoms with van der Waals surface area (Å²) in [6.45, 7) is 4.66. The first-order valence-electron chi connectivity index (χ1n) is 6.79. The third-order valence-electron chi connectivity index (χ3n) is 3.78. The molecule has 0 fully saturated rings. The van der Waals surface area contributed by atoms with Crippen LogP contribution in [0.4, 0.5) is 10.1 Å². The smallest absolute Gasteiger partial charge is 0.125 e. The van der Waals surface area contributed by atoms with Crippen molar-refractivity contribution in [2.24, 2.45) is 5.73 Å². The second-order valence-electron chi connectivity index (χ2n) is 5.15. The van der Waals surface area contributed by atoms with Gasteiger partial charge in [-0.2, -0.15) is 0 Å². The van der Waals surface area contributed by atoms with Crippen molar-refractivity contribution in [3.05, 3.63) is 65.0 Å². The summed E-state index contributed by atoms with van der Waals surface area (Å²) >= 11 is 0. The molecule has 1 atom stereocenters. The summed E-state index contributed by atoms with van der Waals surface area (Å²) in [5.74, 6) is -0.230. The molecule has 0 bridgehead atoms. The highest BCUT2D eigenvalue weighted by Gasteiger charge is 2.19. The summed E-state index contributed by atoms with van der Waals surface area (Å²) in [5.41, 5.74) is 10.5. The molecule has 0 heterocycles. The largest absolute Gasteiger partial charge is 0.366 e. The molecule has 0 aromatic heterocycles. The number of rotatable bonds is 4. The maximum absolute atomic E-state index is 13.4. The molecule has 20 heavy (non-hydrogen) atoms. The topological polar surface area (TPSA) is 29.3 Å². The first-order valence-corrected chi connectivity index (χ1v) is 6.79. The fraction of sp³-hybridized carbons (Fsp3) is 0.294. The minimum absolute atomic E-state index is 0.0398. The average molecular weight is 272 g/mol. The van der Waals surface area contributed by atoms with Gasteiger partial charge in [-0.25, -0.2) is 4.39 Å². The lowest BCUT2D eigenvalue weighted by Gasteiger charge is -2.31. The van der Waals surface area contributed by atoms with Crippen LogP contribution in [0, 0.1) is 19.7 Å². The van der Waals surface area contributed by atoms with Crippen molar-refractivity contribution in [1.82, 2.24) is 0 Å². The molecule has 2 nitrogen and oxygen atoms in total. The van der Waals surface area contributed by atoms with Gasteiger partial charge in [0.05, 0.1) is 6.04 Å². The molecule has 2 aromatic rings. The zero-order chi connectivity index (χ0) is 14.7. The standard InChI is InChI=1S/C17H21FN2/c1-12-6-4-7-13(2)17(12)16(11-19)20(3)15-9-5-8-14(18)10-15/h4-10,16H,11,19H2,1-3H3. The van der Waals surface area contributed by atoms with Crippen molar-refractivity contribution >= 4 is 5.69 Å². The van der Waals surface area contributed by atoms with Crippen LogP contribution in [0.3, 0.4) is 0 Å². The molecule has 3 heteroatoms. The summed E-state index contributed by atoms with van der Waals surface area (Å²) in [6, 6.07) is 12.9. The Kier molecular flexibility index (Phi) is 4.40. The lowest BCUT2D eigenvalue weighted by atomic mass is 9.95. The van der Waals surface area contributed by atoms with Crippen molar-refractivity contribution in [3.8, 4) is 0 Å². The lowest BCUT2D eigenvalue weighted by molar-refractivity contribution is 0.622.